The molecule has 1 heterocycles. The van der Waals surface area contributed by atoms with Gasteiger partial charge in [0.25, 0.3) is 0 Å². The van der Waals surface area contributed by atoms with Crippen LogP contribution in [0.3, 0.4) is 0 Å². The van der Waals surface area contributed by atoms with Gasteiger partial charge in [-0.2, -0.15) is 5.26 Å². The number of aryl methyl sites for hydroxylation is 1. The number of rotatable bonds is 8. The summed E-state index contributed by atoms with van der Waals surface area (Å²) in [5.74, 6) is 0.406. The number of unbranched alkanes of at least 4 members (excludes halogenated alkanes) is 1. The number of carbonyl (C=O) groups is 1. The lowest BCUT2D eigenvalue weighted by molar-refractivity contribution is -0.115. The maximum atomic E-state index is 12.1. The normalized spacial score (nSPS) is 10.4. The average molecular weight is 408 g/mol. The van der Waals surface area contributed by atoms with Crippen molar-refractivity contribution in [3.8, 4) is 6.07 Å². The molecule has 0 saturated heterocycles. The molecule has 0 radical (unpaired) electrons. The fourth-order valence-corrected chi connectivity index (χ4v) is 3.44. The summed E-state index contributed by atoms with van der Waals surface area (Å²) in [6.07, 6.45) is 3.36. The van der Waals surface area contributed by atoms with Crippen molar-refractivity contribution in [2.75, 3.05) is 11.1 Å². The molecule has 2 aromatic rings. The molecule has 1 aromatic carbocycles. The number of amides is 1. The number of thioether (sulfide) groups is 1. The molecule has 0 saturated carbocycles. The van der Waals surface area contributed by atoms with Gasteiger partial charge in [0.1, 0.15) is 11.1 Å². The fourth-order valence-electron chi connectivity index (χ4n) is 2.21. The first-order valence-corrected chi connectivity index (χ1v) is 10.1. The minimum atomic E-state index is -0.128. The van der Waals surface area contributed by atoms with Crippen LogP contribution in [0.4, 0.5) is 5.69 Å². The summed E-state index contributed by atoms with van der Waals surface area (Å²) in [6.45, 7) is 2.13. The molecule has 136 valence electrons. The lowest BCUT2D eigenvalue weighted by Crippen LogP contribution is -2.12. The second-order valence-electron chi connectivity index (χ2n) is 5.65. The Labute approximate surface area is 167 Å². The number of halogens is 2. The predicted molar refractivity (Wildman–Crippen MR) is 108 cm³/mol. The smallest absolute Gasteiger partial charge is 0.225 e. The minimum Gasteiger partial charge on any atom is -0.326 e. The van der Waals surface area contributed by atoms with Gasteiger partial charge in [-0.3, -0.25) is 4.79 Å². The molecule has 0 bridgehead atoms. The van der Waals surface area contributed by atoms with Gasteiger partial charge < -0.3 is 5.32 Å². The van der Waals surface area contributed by atoms with Crippen molar-refractivity contribution in [2.45, 2.75) is 37.6 Å². The summed E-state index contributed by atoms with van der Waals surface area (Å²) in [4.78, 5) is 16.6. The van der Waals surface area contributed by atoms with E-state index >= 15 is 0 Å². The van der Waals surface area contributed by atoms with Gasteiger partial charge in [-0.1, -0.05) is 36.5 Å². The van der Waals surface area contributed by atoms with E-state index in [1.54, 1.807) is 24.3 Å². The molecular formula is C19H19Cl2N3OS. The monoisotopic (exact) mass is 407 g/mol. The Morgan fingerprint density at radius 1 is 1.27 bits per heavy atom. The third-order valence-corrected chi connectivity index (χ3v) is 5.33. The van der Waals surface area contributed by atoms with Crippen molar-refractivity contribution in [1.29, 1.82) is 5.26 Å². The first kappa shape index (κ1) is 20.6. The number of anilines is 1. The van der Waals surface area contributed by atoms with E-state index in [1.165, 1.54) is 11.8 Å². The Kier molecular flexibility index (Phi) is 8.24. The number of pyridine rings is 1. The van der Waals surface area contributed by atoms with E-state index in [4.69, 9.17) is 23.2 Å². The number of hydrogen-bond donors (Lipinski definition) is 1. The Balaban J connectivity index is 1.90. The van der Waals surface area contributed by atoms with Gasteiger partial charge >= 0.3 is 0 Å². The van der Waals surface area contributed by atoms with E-state index in [0.29, 0.717) is 38.5 Å². The van der Waals surface area contributed by atoms with Crippen molar-refractivity contribution in [1.82, 2.24) is 4.98 Å². The van der Waals surface area contributed by atoms with Gasteiger partial charge in [-0.05, 0) is 43.2 Å². The van der Waals surface area contributed by atoms with E-state index in [0.717, 1.165) is 25.0 Å². The van der Waals surface area contributed by atoms with Crippen LogP contribution in [0.5, 0.6) is 0 Å². The van der Waals surface area contributed by atoms with Crippen molar-refractivity contribution >= 4 is 46.6 Å². The third kappa shape index (κ3) is 6.21. The summed E-state index contributed by atoms with van der Waals surface area (Å²) < 4.78 is 0. The maximum Gasteiger partial charge on any atom is 0.225 e. The van der Waals surface area contributed by atoms with Crippen LogP contribution in [0.2, 0.25) is 10.0 Å². The van der Waals surface area contributed by atoms with Crippen LogP contribution in [-0.4, -0.2) is 16.6 Å². The van der Waals surface area contributed by atoms with Gasteiger partial charge in [0.2, 0.25) is 5.91 Å². The molecule has 0 aliphatic heterocycles. The molecule has 4 nitrogen and oxygen atoms in total. The van der Waals surface area contributed by atoms with E-state index in [9.17, 15) is 10.1 Å². The Morgan fingerprint density at radius 3 is 2.77 bits per heavy atom. The first-order valence-electron chi connectivity index (χ1n) is 8.31. The number of aromatic nitrogens is 1. The molecule has 0 aliphatic rings. The van der Waals surface area contributed by atoms with Gasteiger partial charge in [-0.25, -0.2) is 4.98 Å². The molecule has 0 fully saturated rings. The zero-order valence-electron chi connectivity index (χ0n) is 14.4. The Morgan fingerprint density at radius 2 is 2.08 bits per heavy atom. The van der Waals surface area contributed by atoms with Crippen LogP contribution in [0, 0.1) is 11.3 Å². The molecule has 0 unspecified atom stereocenters. The zero-order chi connectivity index (χ0) is 18.9. The highest BCUT2D eigenvalue weighted by molar-refractivity contribution is 7.99. The van der Waals surface area contributed by atoms with E-state index in [2.05, 4.69) is 23.3 Å². The standard InChI is InChI=1S/C19H19Cl2N3OS/c1-2-3-4-14-6-5-13(12-22)19(24-14)26-10-9-18(25)23-15-7-8-16(20)17(21)11-15/h5-8,11H,2-4,9-10H2,1H3,(H,23,25). The van der Waals surface area contributed by atoms with E-state index < -0.39 is 0 Å². The summed E-state index contributed by atoms with van der Waals surface area (Å²) in [5, 5.41) is 13.5. The highest BCUT2D eigenvalue weighted by atomic mass is 35.5. The third-order valence-electron chi connectivity index (χ3n) is 3.60. The lowest BCUT2D eigenvalue weighted by Gasteiger charge is -2.08. The van der Waals surface area contributed by atoms with Crippen LogP contribution < -0.4 is 5.32 Å². The molecule has 7 heteroatoms. The predicted octanol–water partition coefficient (Wildman–Crippen LogP) is 5.72. The highest BCUT2D eigenvalue weighted by Crippen LogP contribution is 2.25. The number of hydrogen-bond acceptors (Lipinski definition) is 4. The number of nitrogens with one attached hydrogen (secondary N) is 1. The van der Waals surface area contributed by atoms with Gasteiger partial charge in [0, 0.05) is 23.6 Å². The summed E-state index contributed by atoms with van der Waals surface area (Å²) in [5.41, 5.74) is 2.13. The van der Waals surface area contributed by atoms with Crippen LogP contribution in [0.1, 0.15) is 37.4 Å². The van der Waals surface area contributed by atoms with Crippen LogP contribution in [0.15, 0.2) is 35.4 Å². The van der Waals surface area contributed by atoms with Crippen molar-refractivity contribution in [3.63, 3.8) is 0 Å². The molecule has 1 amide bonds. The fraction of sp³-hybridized carbons (Fsp3) is 0.316. The van der Waals surface area contributed by atoms with E-state index in [-0.39, 0.29) is 5.91 Å². The average Bonchev–Trinajstić information content (AvgIpc) is 2.63. The number of nitriles is 1. The summed E-state index contributed by atoms with van der Waals surface area (Å²) in [7, 11) is 0. The van der Waals surface area contributed by atoms with Crippen LogP contribution >= 0.6 is 35.0 Å². The van der Waals surface area contributed by atoms with Crippen LogP contribution in [0.25, 0.3) is 0 Å². The number of benzene rings is 1. The Bertz CT molecular complexity index is 821. The van der Waals surface area contributed by atoms with Gasteiger partial charge in [-0.15, -0.1) is 11.8 Å². The molecule has 2 rings (SSSR count). The quantitative estimate of drug-likeness (QED) is 0.567. The largest absolute Gasteiger partial charge is 0.326 e. The molecule has 1 aromatic heterocycles. The van der Waals surface area contributed by atoms with Crippen LogP contribution in [-0.2, 0) is 11.2 Å². The van der Waals surface area contributed by atoms with Gasteiger partial charge in [0.05, 0.1) is 15.6 Å². The summed E-state index contributed by atoms with van der Waals surface area (Å²) >= 11 is 13.2. The Hall–Kier alpha value is -1.74. The van der Waals surface area contributed by atoms with Crippen molar-refractivity contribution < 1.29 is 4.79 Å². The minimum absolute atomic E-state index is 0.128. The SMILES string of the molecule is CCCCc1ccc(C#N)c(SCCC(=O)Nc2ccc(Cl)c(Cl)c2)n1. The molecule has 0 aliphatic carbocycles. The second kappa shape index (κ2) is 10.4. The molecule has 1 N–H and O–H groups in total. The molecule has 0 atom stereocenters. The van der Waals surface area contributed by atoms with Crippen molar-refractivity contribution in [3.05, 3.63) is 51.6 Å². The topological polar surface area (TPSA) is 65.8 Å². The van der Waals surface area contributed by atoms with E-state index in [1.807, 2.05) is 6.07 Å². The lowest BCUT2D eigenvalue weighted by atomic mass is 10.2. The summed E-state index contributed by atoms with van der Waals surface area (Å²) in [6, 6.07) is 10.8. The zero-order valence-corrected chi connectivity index (χ0v) is 16.7. The maximum absolute atomic E-state index is 12.1. The highest BCUT2D eigenvalue weighted by Gasteiger charge is 2.09. The van der Waals surface area contributed by atoms with Crippen molar-refractivity contribution in [2.24, 2.45) is 0 Å². The van der Waals surface area contributed by atoms with Gasteiger partial charge in [0.15, 0.2) is 0 Å². The molecule has 0 spiro atoms. The molecular weight excluding hydrogens is 389 g/mol. The number of carbonyl (C=O) groups excluding carboxylic acids is 1. The second-order valence-corrected chi connectivity index (χ2v) is 7.54. The number of nitrogens with zero attached hydrogens (tertiary/aromatic N) is 2. The molecule has 26 heavy (non-hydrogen) atoms. The first-order chi connectivity index (χ1) is 12.5.